The highest BCUT2D eigenvalue weighted by Crippen LogP contribution is 2.49. The van der Waals surface area contributed by atoms with Crippen LogP contribution in [0.15, 0.2) is 0 Å². The van der Waals surface area contributed by atoms with Gasteiger partial charge in [0, 0.05) is 18.9 Å². The molecule has 0 atom stereocenters. The van der Waals surface area contributed by atoms with Crippen LogP contribution in [0.3, 0.4) is 0 Å². The largest absolute Gasteiger partial charge is 0.514 e. The van der Waals surface area contributed by atoms with Gasteiger partial charge in [-0.25, -0.2) is 8.78 Å². The molecular formula is C16H19F17O3Si. The molecule has 0 radical (unpaired) electrons. The smallest absolute Gasteiger partial charge is 0.306 e. The van der Waals surface area contributed by atoms with E-state index in [0.717, 1.165) is 0 Å². The third-order valence-electron chi connectivity index (χ3n) is 4.28. The average Bonchev–Trinajstić information content (AvgIpc) is 2.62. The molecule has 0 heterocycles. The van der Waals surface area contributed by atoms with E-state index in [-0.39, 0.29) is 6.42 Å². The summed E-state index contributed by atoms with van der Waals surface area (Å²) in [4.78, 5) is 0. The maximum Gasteiger partial charge on any atom is 0.514 e. The predicted octanol–water partition coefficient (Wildman–Crippen LogP) is 8.83. The Morgan fingerprint density at radius 3 is 1.08 bits per heavy atom. The lowest BCUT2D eigenvalue weighted by Crippen LogP contribution is -2.63. The third-order valence-corrected chi connectivity index (χ3v) is 6.85. The summed E-state index contributed by atoms with van der Waals surface area (Å²) in [5.74, 6) is -4.37. The quantitative estimate of drug-likeness (QED) is 0.105. The Kier molecular flexibility index (Phi) is 11.6. The monoisotopic (exact) mass is 610 g/mol. The number of halogens is 17. The number of alkyl halides is 17. The summed E-state index contributed by atoms with van der Waals surface area (Å²) in [7, 11) is -8.09. The van der Waals surface area contributed by atoms with E-state index >= 15 is 0 Å². The van der Waals surface area contributed by atoms with Crippen molar-refractivity contribution in [3.8, 4) is 0 Å². The highest BCUT2D eigenvalue weighted by Gasteiger charge is 2.74. The van der Waals surface area contributed by atoms with E-state index in [4.69, 9.17) is 0 Å². The van der Waals surface area contributed by atoms with E-state index in [1.807, 2.05) is 0 Å². The Bertz CT molecular complexity index is 633. The molecule has 0 fully saturated rings. The van der Waals surface area contributed by atoms with Gasteiger partial charge in [0.25, 0.3) is 0 Å². The van der Waals surface area contributed by atoms with Gasteiger partial charge in [0.15, 0.2) is 0 Å². The van der Waals surface area contributed by atoms with Gasteiger partial charge in [0.05, 0.1) is 0 Å². The molecule has 0 aliphatic rings. The number of unbranched alkanes of at least 4 members (excludes halogenated alkanes) is 4. The Morgan fingerprint density at radius 1 is 0.459 bits per heavy atom. The lowest BCUT2D eigenvalue weighted by atomic mass is 10.1. The van der Waals surface area contributed by atoms with E-state index in [2.05, 4.69) is 13.3 Å². The van der Waals surface area contributed by atoms with Crippen molar-refractivity contribution in [1.82, 2.24) is 0 Å². The molecule has 37 heavy (non-hydrogen) atoms. The molecule has 0 saturated carbocycles. The fraction of sp³-hybridized carbons (Fsp3) is 1.00. The third kappa shape index (κ3) is 10.9. The zero-order valence-electron chi connectivity index (χ0n) is 18.3. The summed E-state index contributed by atoms with van der Waals surface area (Å²) >= 11 is 0. The van der Waals surface area contributed by atoms with Gasteiger partial charge in [-0.2, -0.15) is 65.9 Å². The molecule has 0 bridgehead atoms. The van der Waals surface area contributed by atoms with Crippen molar-refractivity contribution in [1.29, 1.82) is 0 Å². The van der Waals surface area contributed by atoms with Crippen LogP contribution in [0.5, 0.6) is 0 Å². The molecule has 0 aromatic heterocycles. The highest BCUT2D eigenvalue weighted by molar-refractivity contribution is 6.61. The maximum atomic E-state index is 14.1. The fourth-order valence-corrected chi connectivity index (χ4v) is 5.05. The molecule has 0 spiro atoms. The molecule has 0 amide bonds. The summed E-state index contributed by atoms with van der Waals surface area (Å²) in [5, 5.41) is 0. The van der Waals surface area contributed by atoms with E-state index in [1.54, 1.807) is 6.92 Å². The SMILES string of the molecule is CCCCCCCC(F)(F)CC[Si](OC(F)(F)C(F)(F)F)(OC(F)(F)C(F)(F)F)OC(F)(F)C(F)(F)F. The molecule has 0 rings (SSSR count). The van der Waals surface area contributed by atoms with Gasteiger partial charge in [-0.15, -0.1) is 0 Å². The van der Waals surface area contributed by atoms with E-state index in [9.17, 15) is 74.6 Å². The van der Waals surface area contributed by atoms with Gasteiger partial charge >= 0.3 is 45.7 Å². The van der Waals surface area contributed by atoms with Crippen molar-refractivity contribution >= 4 is 8.80 Å². The molecule has 0 aliphatic carbocycles. The van der Waals surface area contributed by atoms with Crippen LogP contribution < -0.4 is 0 Å². The standard InChI is InChI=1S/C16H19F17O3Si/c1-2-3-4-5-6-7-10(17,18)8-9-37(34-14(28,29)11(19,20)21,35-15(30,31)12(22,23)24)36-16(32,33)13(25,26)27/h2-9H2,1H3. The Morgan fingerprint density at radius 2 is 0.784 bits per heavy atom. The molecule has 0 N–H and O–H groups in total. The van der Waals surface area contributed by atoms with Crippen molar-refractivity contribution in [3.05, 3.63) is 0 Å². The Hall–Kier alpha value is -1.09. The van der Waals surface area contributed by atoms with Crippen LogP contribution in [0.2, 0.25) is 6.04 Å². The van der Waals surface area contributed by atoms with Gasteiger partial charge in [-0.1, -0.05) is 32.6 Å². The van der Waals surface area contributed by atoms with Crippen LogP contribution in [0.4, 0.5) is 74.6 Å². The minimum atomic E-state index is -8.09. The molecule has 0 aliphatic heterocycles. The zero-order chi connectivity index (χ0) is 29.8. The van der Waals surface area contributed by atoms with Crippen molar-refractivity contribution in [3.63, 3.8) is 0 Å². The summed E-state index contributed by atoms with van der Waals surface area (Å²) in [5.41, 5.74) is 0. The number of hydrogen-bond acceptors (Lipinski definition) is 3. The number of hydrogen-bond donors (Lipinski definition) is 0. The molecule has 21 heteroatoms. The van der Waals surface area contributed by atoms with Crippen molar-refractivity contribution in [2.24, 2.45) is 0 Å². The van der Waals surface area contributed by atoms with Crippen LogP contribution in [-0.2, 0) is 13.3 Å². The molecule has 224 valence electrons. The van der Waals surface area contributed by atoms with Gasteiger partial charge in [-0.05, 0) is 6.42 Å². The van der Waals surface area contributed by atoms with Crippen LogP contribution in [0.25, 0.3) is 0 Å². The molecule has 0 saturated heterocycles. The second-order valence-electron chi connectivity index (χ2n) is 7.55. The number of rotatable bonds is 15. The van der Waals surface area contributed by atoms with Gasteiger partial charge in [0.1, 0.15) is 0 Å². The first-order chi connectivity index (χ1) is 16.1. The molecule has 0 aromatic carbocycles. The van der Waals surface area contributed by atoms with E-state index in [0.29, 0.717) is 19.3 Å². The first kappa shape index (κ1) is 35.9. The zero-order valence-corrected chi connectivity index (χ0v) is 19.3. The van der Waals surface area contributed by atoms with Crippen molar-refractivity contribution in [2.75, 3.05) is 0 Å². The Labute approximate surface area is 198 Å². The van der Waals surface area contributed by atoms with E-state index in [1.165, 1.54) is 0 Å². The molecule has 0 aromatic rings. The maximum absolute atomic E-state index is 14.1. The first-order valence-electron chi connectivity index (χ1n) is 9.96. The normalized spacial score (nSPS) is 15.4. The summed E-state index contributed by atoms with van der Waals surface area (Å²) in [6, 6.07) is -2.86. The second-order valence-corrected chi connectivity index (χ2v) is 10.0. The second kappa shape index (κ2) is 12.0. The average molecular weight is 610 g/mol. The molecular weight excluding hydrogens is 591 g/mol. The van der Waals surface area contributed by atoms with Crippen molar-refractivity contribution < 1.29 is 87.9 Å². The van der Waals surface area contributed by atoms with Crippen LogP contribution in [0, 0.1) is 0 Å². The summed E-state index contributed by atoms with van der Waals surface area (Å²) < 4.78 is 229. The molecule has 0 unspecified atom stereocenters. The summed E-state index contributed by atoms with van der Waals surface area (Å²) in [6.07, 6.45) is -45.2. The van der Waals surface area contributed by atoms with E-state index < -0.39 is 76.9 Å². The minimum absolute atomic E-state index is 0.0416. The minimum Gasteiger partial charge on any atom is -0.306 e. The van der Waals surface area contributed by atoms with Crippen molar-refractivity contribution in [2.45, 2.75) is 101 Å². The lowest BCUT2D eigenvalue weighted by molar-refractivity contribution is -0.421. The van der Waals surface area contributed by atoms with Gasteiger partial charge in [0.2, 0.25) is 5.92 Å². The van der Waals surface area contributed by atoms with Gasteiger partial charge < -0.3 is 13.3 Å². The fourth-order valence-electron chi connectivity index (χ4n) is 2.42. The lowest BCUT2D eigenvalue weighted by Gasteiger charge is -2.38. The van der Waals surface area contributed by atoms with Crippen LogP contribution in [-0.4, -0.2) is 51.6 Å². The van der Waals surface area contributed by atoms with Crippen LogP contribution >= 0.6 is 0 Å². The van der Waals surface area contributed by atoms with Gasteiger partial charge in [-0.3, -0.25) is 0 Å². The Balaban J connectivity index is 6.52. The highest BCUT2D eigenvalue weighted by atomic mass is 28.4. The summed E-state index contributed by atoms with van der Waals surface area (Å²) in [6.45, 7) is 1.71. The predicted molar refractivity (Wildman–Crippen MR) is 89.8 cm³/mol. The molecule has 3 nitrogen and oxygen atoms in total. The first-order valence-corrected chi connectivity index (χ1v) is 11.9. The van der Waals surface area contributed by atoms with Crippen LogP contribution in [0.1, 0.15) is 51.9 Å². The topological polar surface area (TPSA) is 27.7 Å².